The standard InChI is InChI=1S/C14H13FN2O2/c1-9-7-18-14(19-8-9)13-16-6-12(17-13)10-2-4-11(15)5-3-10/h2-6,14H,1,7-8H2,(H,16,17). The van der Waals surface area contributed by atoms with Gasteiger partial charge in [0.05, 0.1) is 25.1 Å². The normalized spacial score (nSPS) is 16.8. The van der Waals surface area contributed by atoms with E-state index in [9.17, 15) is 4.39 Å². The molecule has 0 unspecified atom stereocenters. The topological polar surface area (TPSA) is 47.1 Å². The summed E-state index contributed by atoms with van der Waals surface area (Å²) in [6.07, 6.45) is 1.18. The van der Waals surface area contributed by atoms with Gasteiger partial charge in [-0.15, -0.1) is 0 Å². The quantitative estimate of drug-likeness (QED) is 0.845. The average molecular weight is 260 g/mol. The first-order valence-electron chi connectivity index (χ1n) is 5.93. The minimum absolute atomic E-state index is 0.263. The Morgan fingerprint density at radius 2 is 1.89 bits per heavy atom. The molecule has 0 amide bonds. The Balaban J connectivity index is 1.79. The first-order valence-corrected chi connectivity index (χ1v) is 5.93. The number of hydrogen-bond donors (Lipinski definition) is 1. The lowest BCUT2D eigenvalue weighted by Gasteiger charge is -2.22. The molecule has 4 nitrogen and oxygen atoms in total. The van der Waals surface area contributed by atoms with Crippen molar-refractivity contribution in [2.24, 2.45) is 0 Å². The fraction of sp³-hybridized carbons (Fsp3) is 0.214. The molecular formula is C14H13FN2O2. The molecule has 0 atom stereocenters. The lowest BCUT2D eigenvalue weighted by Crippen LogP contribution is -2.20. The van der Waals surface area contributed by atoms with Crippen LogP contribution in [0.1, 0.15) is 12.1 Å². The van der Waals surface area contributed by atoms with Crippen LogP contribution < -0.4 is 0 Å². The van der Waals surface area contributed by atoms with Crippen LogP contribution in [0.15, 0.2) is 42.6 Å². The van der Waals surface area contributed by atoms with Crippen LogP contribution in [0.2, 0.25) is 0 Å². The SMILES string of the molecule is C=C1COC(c2ncc(-c3ccc(F)cc3)[nH]2)OC1. The van der Waals surface area contributed by atoms with E-state index in [1.807, 2.05) is 0 Å². The highest BCUT2D eigenvalue weighted by Gasteiger charge is 2.21. The van der Waals surface area contributed by atoms with Gasteiger partial charge in [-0.25, -0.2) is 9.37 Å². The second-order valence-corrected chi connectivity index (χ2v) is 4.39. The van der Waals surface area contributed by atoms with E-state index in [1.165, 1.54) is 12.1 Å². The molecule has 98 valence electrons. The Labute approximate surface area is 109 Å². The van der Waals surface area contributed by atoms with Crippen molar-refractivity contribution < 1.29 is 13.9 Å². The minimum atomic E-state index is -0.500. The van der Waals surface area contributed by atoms with Gasteiger partial charge >= 0.3 is 0 Å². The maximum atomic E-state index is 12.9. The molecule has 1 saturated heterocycles. The van der Waals surface area contributed by atoms with Gasteiger partial charge in [-0.1, -0.05) is 6.58 Å². The molecule has 1 N–H and O–H groups in total. The summed E-state index contributed by atoms with van der Waals surface area (Å²) < 4.78 is 23.8. The number of hydrogen-bond acceptors (Lipinski definition) is 3. The number of benzene rings is 1. The van der Waals surface area contributed by atoms with Gasteiger partial charge in [0.1, 0.15) is 5.82 Å². The Morgan fingerprint density at radius 3 is 2.58 bits per heavy atom. The lowest BCUT2D eigenvalue weighted by atomic mass is 10.2. The molecule has 1 fully saturated rings. The van der Waals surface area contributed by atoms with Gasteiger partial charge in [0, 0.05) is 0 Å². The lowest BCUT2D eigenvalue weighted by molar-refractivity contribution is -0.165. The maximum absolute atomic E-state index is 12.9. The summed E-state index contributed by atoms with van der Waals surface area (Å²) in [5, 5.41) is 0. The highest BCUT2D eigenvalue weighted by molar-refractivity contribution is 5.58. The fourth-order valence-corrected chi connectivity index (χ4v) is 1.87. The molecule has 2 heterocycles. The number of rotatable bonds is 2. The van der Waals surface area contributed by atoms with Crippen molar-refractivity contribution in [1.29, 1.82) is 0 Å². The summed E-state index contributed by atoms with van der Waals surface area (Å²) in [4.78, 5) is 7.35. The van der Waals surface area contributed by atoms with Crippen molar-refractivity contribution in [3.63, 3.8) is 0 Å². The number of nitrogens with one attached hydrogen (secondary N) is 1. The van der Waals surface area contributed by atoms with E-state index in [1.54, 1.807) is 18.3 Å². The number of aromatic nitrogens is 2. The molecule has 5 heteroatoms. The number of nitrogens with zero attached hydrogens (tertiary/aromatic N) is 1. The zero-order chi connectivity index (χ0) is 13.2. The number of ether oxygens (including phenoxy) is 2. The van der Waals surface area contributed by atoms with E-state index in [0.717, 1.165) is 16.8 Å². The van der Waals surface area contributed by atoms with E-state index in [0.29, 0.717) is 19.0 Å². The molecule has 0 bridgehead atoms. The Bertz CT molecular complexity index is 582. The predicted octanol–water partition coefficient (Wildman–Crippen LogP) is 2.82. The van der Waals surface area contributed by atoms with Crippen LogP contribution in [0, 0.1) is 5.82 Å². The average Bonchev–Trinajstić information content (AvgIpc) is 2.90. The van der Waals surface area contributed by atoms with E-state index >= 15 is 0 Å². The molecule has 1 aromatic carbocycles. The molecule has 3 rings (SSSR count). The van der Waals surface area contributed by atoms with Gasteiger partial charge in [0.25, 0.3) is 0 Å². The highest BCUT2D eigenvalue weighted by Crippen LogP contribution is 2.25. The van der Waals surface area contributed by atoms with E-state index in [4.69, 9.17) is 9.47 Å². The van der Waals surface area contributed by atoms with Gasteiger partial charge < -0.3 is 14.5 Å². The van der Waals surface area contributed by atoms with Crippen molar-refractivity contribution in [3.05, 3.63) is 54.3 Å². The van der Waals surface area contributed by atoms with Crippen molar-refractivity contribution in [2.75, 3.05) is 13.2 Å². The third kappa shape index (κ3) is 2.57. The molecule has 1 aliphatic heterocycles. The molecule has 0 spiro atoms. The van der Waals surface area contributed by atoms with E-state index < -0.39 is 6.29 Å². The van der Waals surface area contributed by atoms with E-state index in [-0.39, 0.29) is 5.82 Å². The Kier molecular flexibility index (Phi) is 3.15. The van der Waals surface area contributed by atoms with Crippen LogP contribution in [0.25, 0.3) is 11.3 Å². The molecule has 19 heavy (non-hydrogen) atoms. The van der Waals surface area contributed by atoms with Crippen molar-refractivity contribution in [3.8, 4) is 11.3 Å². The fourth-order valence-electron chi connectivity index (χ4n) is 1.87. The molecule has 1 aliphatic rings. The van der Waals surface area contributed by atoms with Crippen molar-refractivity contribution in [1.82, 2.24) is 9.97 Å². The number of H-pyrrole nitrogens is 1. The summed E-state index contributed by atoms with van der Waals surface area (Å²) in [6, 6.07) is 6.20. The van der Waals surface area contributed by atoms with Crippen LogP contribution in [0.5, 0.6) is 0 Å². The summed E-state index contributed by atoms with van der Waals surface area (Å²) >= 11 is 0. The zero-order valence-electron chi connectivity index (χ0n) is 10.2. The van der Waals surface area contributed by atoms with Crippen molar-refractivity contribution in [2.45, 2.75) is 6.29 Å². The van der Waals surface area contributed by atoms with Gasteiger partial charge in [-0.2, -0.15) is 0 Å². The summed E-state index contributed by atoms with van der Waals surface area (Å²) in [5.74, 6) is 0.341. The van der Waals surface area contributed by atoms with Crippen LogP contribution in [0.3, 0.4) is 0 Å². The second kappa shape index (κ2) is 4.95. The number of aromatic amines is 1. The maximum Gasteiger partial charge on any atom is 0.217 e. The van der Waals surface area contributed by atoms with Gasteiger partial charge in [0.15, 0.2) is 5.82 Å². The van der Waals surface area contributed by atoms with Crippen LogP contribution >= 0.6 is 0 Å². The monoisotopic (exact) mass is 260 g/mol. The molecule has 0 radical (unpaired) electrons. The summed E-state index contributed by atoms with van der Waals surface area (Å²) in [7, 11) is 0. The van der Waals surface area contributed by atoms with Gasteiger partial charge in [0.2, 0.25) is 6.29 Å². The molecule has 0 saturated carbocycles. The van der Waals surface area contributed by atoms with E-state index in [2.05, 4.69) is 16.5 Å². The van der Waals surface area contributed by atoms with Crippen molar-refractivity contribution >= 4 is 0 Å². The Hall–Kier alpha value is -1.98. The molecule has 2 aromatic rings. The smallest absolute Gasteiger partial charge is 0.217 e. The third-order valence-electron chi connectivity index (χ3n) is 2.85. The third-order valence-corrected chi connectivity index (χ3v) is 2.85. The molecular weight excluding hydrogens is 247 g/mol. The Morgan fingerprint density at radius 1 is 1.21 bits per heavy atom. The first-order chi connectivity index (χ1) is 9.22. The van der Waals surface area contributed by atoms with Crippen LogP contribution in [0.4, 0.5) is 4.39 Å². The summed E-state index contributed by atoms with van der Waals surface area (Å²) in [5.41, 5.74) is 2.56. The van der Waals surface area contributed by atoms with Gasteiger partial charge in [-0.05, 0) is 35.4 Å². The second-order valence-electron chi connectivity index (χ2n) is 4.39. The molecule has 0 aliphatic carbocycles. The number of halogens is 1. The highest BCUT2D eigenvalue weighted by atomic mass is 19.1. The van der Waals surface area contributed by atoms with Gasteiger partial charge in [-0.3, -0.25) is 0 Å². The molecule has 1 aromatic heterocycles. The van der Waals surface area contributed by atoms with Crippen LogP contribution in [-0.4, -0.2) is 23.2 Å². The number of imidazole rings is 1. The first kappa shape index (κ1) is 12.1. The zero-order valence-corrected chi connectivity index (χ0v) is 10.2. The largest absolute Gasteiger partial charge is 0.341 e. The predicted molar refractivity (Wildman–Crippen MR) is 67.8 cm³/mol. The summed E-state index contributed by atoms with van der Waals surface area (Å²) in [6.45, 7) is 4.73. The van der Waals surface area contributed by atoms with Crippen LogP contribution in [-0.2, 0) is 9.47 Å². The minimum Gasteiger partial charge on any atom is -0.341 e.